The SMILES string of the molecule is C=C(C)c1ccccc1C(N)=O. The number of allylic oxidation sites excluding steroid dienone is 1. The first-order valence-corrected chi connectivity index (χ1v) is 3.67. The third kappa shape index (κ3) is 1.53. The Labute approximate surface area is 71.7 Å². The summed E-state index contributed by atoms with van der Waals surface area (Å²) in [4.78, 5) is 10.9. The molecule has 0 unspecified atom stereocenters. The third-order valence-electron chi connectivity index (χ3n) is 1.65. The summed E-state index contributed by atoms with van der Waals surface area (Å²) in [5.41, 5.74) is 7.38. The van der Waals surface area contributed by atoms with E-state index in [4.69, 9.17) is 5.73 Å². The first kappa shape index (κ1) is 8.53. The van der Waals surface area contributed by atoms with Crippen molar-refractivity contribution in [2.75, 3.05) is 0 Å². The number of primary amides is 1. The topological polar surface area (TPSA) is 43.1 Å². The minimum absolute atomic E-state index is 0.409. The lowest BCUT2D eigenvalue weighted by molar-refractivity contribution is 0.1000. The van der Waals surface area contributed by atoms with Gasteiger partial charge in [0.05, 0.1) is 0 Å². The monoisotopic (exact) mass is 161 g/mol. The fourth-order valence-corrected chi connectivity index (χ4v) is 1.07. The largest absolute Gasteiger partial charge is 0.366 e. The minimum Gasteiger partial charge on any atom is -0.366 e. The molecule has 1 aromatic rings. The van der Waals surface area contributed by atoms with Crippen molar-refractivity contribution in [3.63, 3.8) is 0 Å². The van der Waals surface area contributed by atoms with E-state index in [2.05, 4.69) is 6.58 Å². The molecular weight excluding hydrogens is 150 g/mol. The minimum atomic E-state index is -0.409. The molecule has 2 nitrogen and oxygen atoms in total. The zero-order valence-electron chi connectivity index (χ0n) is 7.00. The highest BCUT2D eigenvalue weighted by molar-refractivity contribution is 5.97. The molecule has 1 rings (SSSR count). The summed E-state index contributed by atoms with van der Waals surface area (Å²) >= 11 is 0. The summed E-state index contributed by atoms with van der Waals surface area (Å²) in [5.74, 6) is -0.409. The predicted octanol–water partition coefficient (Wildman–Crippen LogP) is 1.82. The lowest BCUT2D eigenvalue weighted by atomic mass is 10.0. The van der Waals surface area contributed by atoms with Crippen LogP contribution < -0.4 is 5.73 Å². The fourth-order valence-electron chi connectivity index (χ4n) is 1.07. The van der Waals surface area contributed by atoms with Crippen LogP contribution in [0.5, 0.6) is 0 Å². The summed E-state index contributed by atoms with van der Waals surface area (Å²) in [5, 5.41) is 0. The Bertz CT molecular complexity index is 295. The van der Waals surface area contributed by atoms with E-state index in [1.807, 2.05) is 19.1 Å². The third-order valence-corrected chi connectivity index (χ3v) is 1.65. The molecule has 0 saturated carbocycles. The van der Waals surface area contributed by atoms with Gasteiger partial charge in [0, 0.05) is 5.56 Å². The van der Waals surface area contributed by atoms with Crippen molar-refractivity contribution in [3.05, 3.63) is 42.0 Å². The highest BCUT2D eigenvalue weighted by Gasteiger charge is 2.05. The van der Waals surface area contributed by atoms with Crippen molar-refractivity contribution in [3.8, 4) is 0 Å². The van der Waals surface area contributed by atoms with Crippen LogP contribution in [0.15, 0.2) is 30.8 Å². The van der Waals surface area contributed by atoms with E-state index >= 15 is 0 Å². The van der Waals surface area contributed by atoms with E-state index in [0.717, 1.165) is 11.1 Å². The van der Waals surface area contributed by atoms with Crippen molar-refractivity contribution in [2.24, 2.45) is 5.73 Å². The van der Waals surface area contributed by atoms with Gasteiger partial charge in [-0.05, 0) is 18.6 Å². The Morgan fingerprint density at radius 3 is 2.17 bits per heavy atom. The van der Waals surface area contributed by atoms with Crippen LogP contribution in [0.25, 0.3) is 5.57 Å². The van der Waals surface area contributed by atoms with Gasteiger partial charge in [-0.25, -0.2) is 0 Å². The molecule has 0 heterocycles. The quantitative estimate of drug-likeness (QED) is 0.706. The Kier molecular flexibility index (Phi) is 2.29. The number of hydrogen-bond donors (Lipinski definition) is 1. The van der Waals surface area contributed by atoms with Gasteiger partial charge in [-0.2, -0.15) is 0 Å². The smallest absolute Gasteiger partial charge is 0.249 e. The standard InChI is InChI=1S/C10H11NO/c1-7(2)8-5-3-4-6-9(8)10(11)12/h3-6H,1H2,2H3,(H2,11,12). The molecule has 1 aromatic carbocycles. The number of rotatable bonds is 2. The average Bonchev–Trinajstić information content (AvgIpc) is 2.04. The zero-order valence-corrected chi connectivity index (χ0v) is 7.00. The molecule has 1 amide bonds. The fraction of sp³-hybridized carbons (Fsp3) is 0.100. The molecule has 0 aliphatic heterocycles. The van der Waals surface area contributed by atoms with Gasteiger partial charge >= 0.3 is 0 Å². The van der Waals surface area contributed by atoms with Crippen LogP contribution in [-0.2, 0) is 0 Å². The van der Waals surface area contributed by atoms with Crippen LogP contribution in [0.1, 0.15) is 22.8 Å². The number of amides is 1. The molecular formula is C10H11NO. The van der Waals surface area contributed by atoms with Gasteiger partial charge in [-0.15, -0.1) is 0 Å². The van der Waals surface area contributed by atoms with Gasteiger partial charge in [0.1, 0.15) is 0 Å². The van der Waals surface area contributed by atoms with Gasteiger partial charge in [0.15, 0.2) is 0 Å². The van der Waals surface area contributed by atoms with Gasteiger partial charge in [-0.1, -0.05) is 30.4 Å². The maximum atomic E-state index is 10.9. The molecule has 62 valence electrons. The molecule has 0 aliphatic rings. The molecule has 0 saturated heterocycles. The van der Waals surface area contributed by atoms with Crippen molar-refractivity contribution in [2.45, 2.75) is 6.92 Å². The number of carbonyl (C=O) groups is 1. The average molecular weight is 161 g/mol. The van der Waals surface area contributed by atoms with E-state index < -0.39 is 5.91 Å². The molecule has 2 N–H and O–H groups in total. The van der Waals surface area contributed by atoms with E-state index in [0.29, 0.717) is 5.56 Å². The van der Waals surface area contributed by atoms with E-state index in [9.17, 15) is 4.79 Å². The molecule has 0 aliphatic carbocycles. The summed E-state index contributed by atoms with van der Waals surface area (Å²) in [6.07, 6.45) is 0. The molecule has 0 atom stereocenters. The second-order valence-electron chi connectivity index (χ2n) is 2.69. The summed E-state index contributed by atoms with van der Waals surface area (Å²) < 4.78 is 0. The van der Waals surface area contributed by atoms with Gasteiger partial charge in [0.25, 0.3) is 0 Å². The molecule has 0 aromatic heterocycles. The Balaban J connectivity index is 3.27. The molecule has 0 spiro atoms. The number of hydrogen-bond acceptors (Lipinski definition) is 1. The summed E-state index contributed by atoms with van der Waals surface area (Å²) in [6, 6.07) is 7.18. The lowest BCUT2D eigenvalue weighted by Gasteiger charge is -2.04. The second-order valence-corrected chi connectivity index (χ2v) is 2.69. The van der Waals surface area contributed by atoms with Crippen LogP contribution in [0.4, 0.5) is 0 Å². The molecule has 12 heavy (non-hydrogen) atoms. The van der Waals surface area contributed by atoms with Crippen LogP contribution in [0, 0.1) is 0 Å². The van der Waals surface area contributed by atoms with Crippen LogP contribution in [0.3, 0.4) is 0 Å². The van der Waals surface area contributed by atoms with Crippen molar-refractivity contribution in [1.82, 2.24) is 0 Å². The number of benzene rings is 1. The first-order valence-electron chi connectivity index (χ1n) is 3.67. The first-order chi connectivity index (χ1) is 5.63. The number of nitrogens with two attached hydrogens (primary N) is 1. The lowest BCUT2D eigenvalue weighted by Crippen LogP contribution is -2.12. The van der Waals surface area contributed by atoms with Crippen molar-refractivity contribution >= 4 is 11.5 Å². The van der Waals surface area contributed by atoms with Gasteiger partial charge < -0.3 is 5.73 Å². The van der Waals surface area contributed by atoms with E-state index in [1.54, 1.807) is 12.1 Å². The second kappa shape index (κ2) is 3.22. The maximum absolute atomic E-state index is 10.9. The van der Waals surface area contributed by atoms with Gasteiger partial charge in [-0.3, -0.25) is 4.79 Å². The molecule has 2 heteroatoms. The highest BCUT2D eigenvalue weighted by atomic mass is 16.1. The molecule has 0 radical (unpaired) electrons. The Morgan fingerprint density at radius 1 is 1.33 bits per heavy atom. The van der Waals surface area contributed by atoms with Crippen LogP contribution in [-0.4, -0.2) is 5.91 Å². The molecule has 0 fully saturated rings. The zero-order chi connectivity index (χ0) is 9.14. The normalized spacial score (nSPS) is 9.42. The summed E-state index contributed by atoms with van der Waals surface area (Å²) in [6.45, 7) is 5.61. The van der Waals surface area contributed by atoms with Crippen LogP contribution in [0.2, 0.25) is 0 Å². The van der Waals surface area contributed by atoms with Crippen molar-refractivity contribution < 1.29 is 4.79 Å². The summed E-state index contributed by atoms with van der Waals surface area (Å²) in [7, 11) is 0. The van der Waals surface area contributed by atoms with Crippen LogP contribution >= 0.6 is 0 Å². The number of carbonyl (C=O) groups excluding carboxylic acids is 1. The predicted molar refractivity (Wildman–Crippen MR) is 49.7 cm³/mol. The Hall–Kier alpha value is -1.57. The van der Waals surface area contributed by atoms with Crippen molar-refractivity contribution in [1.29, 1.82) is 0 Å². The molecule has 0 bridgehead atoms. The Morgan fingerprint density at radius 2 is 1.83 bits per heavy atom. The van der Waals surface area contributed by atoms with E-state index in [1.165, 1.54) is 0 Å². The highest BCUT2D eigenvalue weighted by Crippen LogP contribution is 2.15. The van der Waals surface area contributed by atoms with E-state index in [-0.39, 0.29) is 0 Å². The maximum Gasteiger partial charge on any atom is 0.249 e. The van der Waals surface area contributed by atoms with Gasteiger partial charge in [0.2, 0.25) is 5.91 Å².